The van der Waals surface area contributed by atoms with Crippen LogP contribution in [-0.4, -0.2) is 58.3 Å². The summed E-state index contributed by atoms with van der Waals surface area (Å²) in [4.78, 5) is 28.6. The number of nitrogens with one attached hydrogen (secondary N) is 1. The minimum atomic E-state index is -1.10. The van der Waals surface area contributed by atoms with Gasteiger partial charge in [-0.1, -0.05) is 54.2 Å². The first kappa shape index (κ1) is 29.1. The highest BCUT2D eigenvalue weighted by Gasteiger charge is 2.42. The van der Waals surface area contributed by atoms with Crippen LogP contribution in [0.2, 0.25) is 10.0 Å². The summed E-state index contributed by atoms with van der Waals surface area (Å²) in [5.41, 5.74) is 1.08. The molecule has 204 valence electrons. The fourth-order valence-corrected chi connectivity index (χ4v) is 6.05. The third-order valence-electron chi connectivity index (χ3n) is 7.06. The van der Waals surface area contributed by atoms with Gasteiger partial charge in [0.05, 0.1) is 16.2 Å². The maximum atomic E-state index is 13.9. The minimum Gasteiger partial charge on any atom is -0.482 e. The van der Waals surface area contributed by atoms with E-state index in [4.69, 9.17) is 27.9 Å². The topological polar surface area (TPSA) is 99.1 Å². The number of ether oxygens (including phenoxy) is 1. The molecule has 0 heterocycles. The van der Waals surface area contributed by atoms with Crippen LogP contribution in [0, 0.1) is 9.49 Å². The van der Waals surface area contributed by atoms with E-state index in [2.05, 4.69) is 27.9 Å². The van der Waals surface area contributed by atoms with E-state index in [9.17, 15) is 19.8 Å². The molecule has 3 N–H and O–H groups in total. The Morgan fingerprint density at radius 3 is 2.55 bits per heavy atom. The Balaban J connectivity index is 1.70. The molecular formula is C28H31Cl2IN2O5. The fourth-order valence-electron chi connectivity index (χ4n) is 5.07. The summed E-state index contributed by atoms with van der Waals surface area (Å²) in [5, 5.41) is 24.4. The largest absolute Gasteiger partial charge is 0.482 e. The summed E-state index contributed by atoms with van der Waals surface area (Å²) in [6, 6.07) is 11.8. The van der Waals surface area contributed by atoms with E-state index in [-0.39, 0.29) is 43.8 Å². The first-order valence-electron chi connectivity index (χ1n) is 12.7. The highest BCUT2D eigenvalue weighted by molar-refractivity contribution is 14.1. The summed E-state index contributed by atoms with van der Waals surface area (Å²) in [6.45, 7) is 0.0549. The van der Waals surface area contributed by atoms with Crippen molar-refractivity contribution in [2.45, 2.75) is 56.9 Å². The van der Waals surface area contributed by atoms with Gasteiger partial charge in [0.2, 0.25) is 11.8 Å². The Morgan fingerprint density at radius 1 is 1.13 bits per heavy atom. The Hall–Kier alpha value is -1.85. The molecule has 2 aliphatic rings. The van der Waals surface area contributed by atoms with E-state index < -0.39 is 18.2 Å². The minimum absolute atomic E-state index is 0.0670. The third-order valence-corrected chi connectivity index (χ3v) is 8.54. The maximum Gasteiger partial charge on any atom is 0.247 e. The number of hydrogen-bond donors (Lipinski definition) is 3. The summed E-state index contributed by atoms with van der Waals surface area (Å²) < 4.78 is 7.07. The lowest BCUT2D eigenvalue weighted by Crippen LogP contribution is -2.55. The molecule has 0 aromatic heterocycles. The second-order valence-corrected chi connectivity index (χ2v) is 11.6. The van der Waals surface area contributed by atoms with E-state index >= 15 is 0 Å². The Labute approximate surface area is 246 Å². The number of halogens is 3. The SMILES string of the molecule is O=C(NCCO)C1=CC(Oc2ccccc2I)C(O)C(N(Cc2ccc(Cl)cc2Cl)C(=O)C2CCCC2)C1. The van der Waals surface area contributed by atoms with Crippen molar-refractivity contribution in [2.24, 2.45) is 5.92 Å². The van der Waals surface area contributed by atoms with Crippen molar-refractivity contribution in [1.82, 2.24) is 10.2 Å². The predicted molar refractivity (Wildman–Crippen MR) is 155 cm³/mol. The molecule has 38 heavy (non-hydrogen) atoms. The van der Waals surface area contributed by atoms with E-state index in [1.54, 1.807) is 35.2 Å². The lowest BCUT2D eigenvalue weighted by Gasteiger charge is -2.41. The number of aliphatic hydroxyl groups is 2. The van der Waals surface area contributed by atoms with Crippen LogP contribution in [-0.2, 0) is 16.1 Å². The molecule has 0 saturated heterocycles. The van der Waals surface area contributed by atoms with Gasteiger partial charge in [-0.05, 0) is 71.3 Å². The van der Waals surface area contributed by atoms with Gasteiger partial charge in [0.1, 0.15) is 18.0 Å². The first-order valence-corrected chi connectivity index (χ1v) is 14.6. The molecule has 10 heteroatoms. The Bertz CT molecular complexity index is 1190. The van der Waals surface area contributed by atoms with E-state index in [1.165, 1.54) is 0 Å². The van der Waals surface area contributed by atoms with E-state index in [1.807, 2.05) is 18.2 Å². The van der Waals surface area contributed by atoms with Gasteiger partial charge in [0.25, 0.3) is 0 Å². The van der Waals surface area contributed by atoms with Crippen molar-refractivity contribution < 1.29 is 24.5 Å². The third kappa shape index (κ3) is 7.01. The summed E-state index contributed by atoms with van der Waals surface area (Å²) in [7, 11) is 0. The van der Waals surface area contributed by atoms with Gasteiger partial charge >= 0.3 is 0 Å². The number of amides is 2. The fraction of sp³-hybridized carbons (Fsp3) is 0.429. The second-order valence-electron chi connectivity index (χ2n) is 9.63. The number of carbonyl (C=O) groups is 2. The summed E-state index contributed by atoms with van der Waals surface area (Å²) in [5.74, 6) is -0.0217. The Kier molecular flexibility index (Phi) is 10.3. The van der Waals surface area contributed by atoms with Crippen LogP contribution in [0.25, 0.3) is 0 Å². The number of para-hydroxylation sites is 1. The standard InChI is InChI=1S/C28H31Cl2IN2O5/c29-20-10-9-18(21(30)15-20)16-33(28(37)17-5-1-2-6-17)23-13-19(27(36)32-11-12-34)14-25(26(23)35)38-24-8-4-3-7-22(24)31/h3-4,7-10,14-15,17,23,25-26,34-35H,1-2,5-6,11-13,16H2,(H,32,36). The first-order chi connectivity index (χ1) is 18.3. The molecule has 2 aliphatic carbocycles. The van der Waals surface area contributed by atoms with Crippen molar-refractivity contribution in [3.8, 4) is 5.75 Å². The molecule has 1 saturated carbocycles. The number of nitrogens with zero attached hydrogens (tertiary/aromatic N) is 1. The number of hydrogen-bond acceptors (Lipinski definition) is 5. The zero-order valence-corrected chi connectivity index (χ0v) is 24.5. The van der Waals surface area contributed by atoms with Crippen LogP contribution in [0.3, 0.4) is 0 Å². The molecular weight excluding hydrogens is 642 g/mol. The molecule has 3 atom stereocenters. The van der Waals surface area contributed by atoms with Crippen molar-refractivity contribution in [3.63, 3.8) is 0 Å². The van der Waals surface area contributed by atoms with Crippen LogP contribution >= 0.6 is 45.8 Å². The zero-order chi connectivity index (χ0) is 27.2. The van der Waals surface area contributed by atoms with Crippen LogP contribution in [0.5, 0.6) is 5.75 Å². The molecule has 2 amide bonds. The highest BCUT2D eigenvalue weighted by Crippen LogP contribution is 2.34. The van der Waals surface area contributed by atoms with Crippen LogP contribution < -0.4 is 10.1 Å². The van der Waals surface area contributed by atoms with Crippen molar-refractivity contribution in [2.75, 3.05) is 13.2 Å². The molecule has 4 rings (SSSR count). The molecule has 0 bridgehead atoms. The molecule has 1 fully saturated rings. The van der Waals surface area contributed by atoms with Crippen molar-refractivity contribution in [1.29, 1.82) is 0 Å². The molecule has 7 nitrogen and oxygen atoms in total. The number of rotatable bonds is 9. The van der Waals surface area contributed by atoms with Crippen molar-refractivity contribution >= 4 is 57.6 Å². The quantitative estimate of drug-likeness (QED) is 0.335. The number of aliphatic hydroxyl groups excluding tert-OH is 2. The van der Waals surface area contributed by atoms with Crippen LogP contribution in [0.1, 0.15) is 37.7 Å². The number of carbonyl (C=O) groups excluding carboxylic acids is 2. The predicted octanol–water partition coefficient (Wildman–Crippen LogP) is 4.73. The lowest BCUT2D eigenvalue weighted by molar-refractivity contribution is -0.143. The maximum absolute atomic E-state index is 13.9. The molecule has 2 aromatic carbocycles. The van der Waals surface area contributed by atoms with E-state index in [0.717, 1.165) is 29.3 Å². The monoisotopic (exact) mass is 672 g/mol. The van der Waals surface area contributed by atoms with Gasteiger partial charge in [0.15, 0.2) is 0 Å². The summed E-state index contributed by atoms with van der Waals surface area (Å²) in [6.07, 6.45) is 3.30. The average molecular weight is 673 g/mol. The van der Waals surface area contributed by atoms with Crippen LogP contribution in [0.15, 0.2) is 54.1 Å². The molecule has 0 spiro atoms. The molecule has 0 radical (unpaired) electrons. The van der Waals surface area contributed by atoms with Gasteiger partial charge in [-0.3, -0.25) is 9.59 Å². The smallest absolute Gasteiger partial charge is 0.247 e. The molecule has 0 aliphatic heterocycles. The van der Waals surface area contributed by atoms with Crippen LogP contribution in [0.4, 0.5) is 0 Å². The van der Waals surface area contributed by atoms with Gasteiger partial charge in [0, 0.05) is 41.0 Å². The van der Waals surface area contributed by atoms with Gasteiger partial charge in [-0.2, -0.15) is 0 Å². The van der Waals surface area contributed by atoms with Gasteiger partial charge in [-0.15, -0.1) is 0 Å². The number of benzene rings is 2. The lowest BCUT2D eigenvalue weighted by atomic mass is 9.87. The normalized spacial score (nSPS) is 21.6. The molecule has 2 aromatic rings. The Morgan fingerprint density at radius 2 is 1.87 bits per heavy atom. The van der Waals surface area contributed by atoms with Gasteiger partial charge in [-0.25, -0.2) is 0 Å². The average Bonchev–Trinajstić information content (AvgIpc) is 3.44. The summed E-state index contributed by atoms with van der Waals surface area (Å²) >= 11 is 14.7. The zero-order valence-electron chi connectivity index (χ0n) is 20.8. The van der Waals surface area contributed by atoms with E-state index in [0.29, 0.717) is 26.9 Å². The van der Waals surface area contributed by atoms with Gasteiger partial charge < -0.3 is 25.2 Å². The van der Waals surface area contributed by atoms with Crippen molar-refractivity contribution in [3.05, 3.63) is 73.3 Å². The second kappa shape index (κ2) is 13.5. The highest BCUT2D eigenvalue weighted by atomic mass is 127. The molecule has 3 unspecified atom stereocenters.